The molecule has 1 aliphatic rings. The standard InChI is InChI=1S/C17H22N4.3ClH/c18-16-5-3-4-15(12-16)13-20-8-10-21(11-9-20)14-17-6-1-2-7-19-17;;;/h1-7,12H,8-11,13-14,18H2;3*1H. The van der Waals surface area contributed by atoms with Crippen LogP contribution in [0.4, 0.5) is 5.69 Å². The Balaban J connectivity index is 0.00000176. The van der Waals surface area contributed by atoms with E-state index in [0.717, 1.165) is 50.6 Å². The van der Waals surface area contributed by atoms with Crippen molar-refractivity contribution in [3.8, 4) is 0 Å². The predicted molar refractivity (Wildman–Crippen MR) is 107 cm³/mol. The Bertz CT molecular complexity index is 575. The number of aromatic nitrogens is 1. The second kappa shape index (κ2) is 11.5. The fraction of sp³-hybridized carbons (Fsp3) is 0.353. The highest BCUT2D eigenvalue weighted by molar-refractivity contribution is 5.86. The van der Waals surface area contributed by atoms with Crippen molar-refractivity contribution >= 4 is 42.9 Å². The van der Waals surface area contributed by atoms with Crippen LogP contribution in [0.3, 0.4) is 0 Å². The van der Waals surface area contributed by atoms with E-state index in [4.69, 9.17) is 5.73 Å². The highest BCUT2D eigenvalue weighted by Crippen LogP contribution is 2.12. The first kappa shape index (κ1) is 23.0. The lowest BCUT2D eigenvalue weighted by Gasteiger charge is -2.34. The molecule has 0 amide bonds. The molecule has 0 bridgehead atoms. The molecule has 2 N–H and O–H groups in total. The van der Waals surface area contributed by atoms with Gasteiger partial charge in [-0.25, -0.2) is 0 Å². The zero-order chi connectivity index (χ0) is 14.5. The lowest BCUT2D eigenvalue weighted by Crippen LogP contribution is -2.45. The van der Waals surface area contributed by atoms with Gasteiger partial charge in [-0.1, -0.05) is 18.2 Å². The first-order valence-electron chi connectivity index (χ1n) is 7.48. The van der Waals surface area contributed by atoms with Crippen molar-refractivity contribution < 1.29 is 0 Å². The Morgan fingerprint density at radius 3 is 2.08 bits per heavy atom. The summed E-state index contributed by atoms with van der Waals surface area (Å²) in [6.45, 7) is 6.33. The molecule has 0 atom stereocenters. The Morgan fingerprint density at radius 2 is 1.50 bits per heavy atom. The third-order valence-electron chi connectivity index (χ3n) is 3.93. The Morgan fingerprint density at radius 1 is 0.833 bits per heavy atom. The zero-order valence-corrected chi connectivity index (χ0v) is 16.0. The number of hydrogen-bond acceptors (Lipinski definition) is 4. The minimum Gasteiger partial charge on any atom is -0.399 e. The molecule has 2 aromatic rings. The third-order valence-corrected chi connectivity index (χ3v) is 3.93. The van der Waals surface area contributed by atoms with Gasteiger partial charge in [0.2, 0.25) is 0 Å². The Labute approximate surface area is 162 Å². The molecule has 1 aromatic carbocycles. The van der Waals surface area contributed by atoms with Gasteiger partial charge in [0.25, 0.3) is 0 Å². The van der Waals surface area contributed by atoms with Gasteiger partial charge in [-0.2, -0.15) is 0 Å². The fourth-order valence-electron chi connectivity index (χ4n) is 2.78. The monoisotopic (exact) mass is 390 g/mol. The first-order valence-corrected chi connectivity index (χ1v) is 7.48. The van der Waals surface area contributed by atoms with Gasteiger partial charge in [0, 0.05) is 51.2 Å². The normalized spacial score (nSPS) is 14.8. The Hall–Kier alpha value is -1.04. The molecule has 134 valence electrons. The molecule has 0 radical (unpaired) electrons. The van der Waals surface area contributed by atoms with Crippen molar-refractivity contribution in [2.75, 3.05) is 31.9 Å². The van der Waals surface area contributed by atoms with Crippen molar-refractivity contribution in [2.45, 2.75) is 13.1 Å². The van der Waals surface area contributed by atoms with Crippen LogP contribution >= 0.6 is 37.2 Å². The number of rotatable bonds is 4. The number of hydrogen-bond donors (Lipinski definition) is 1. The average Bonchev–Trinajstić information content (AvgIpc) is 2.50. The maximum absolute atomic E-state index is 5.84. The molecule has 24 heavy (non-hydrogen) atoms. The number of nitrogen functional groups attached to an aromatic ring is 1. The summed E-state index contributed by atoms with van der Waals surface area (Å²) in [4.78, 5) is 9.36. The van der Waals surface area contributed by atoms with Crippen LogP contribution in [0.2, 0.25) is 0 Å². The summed E-state index contributed by atoms with van der Waals surface area (Å²) in [6, 6.07) is 14.3. The highest BCUT2D eigenvalue weighted by Gasteiger charge is 2.17. The molecule has 0 spiro atoms. The second-order valence-corrected chi connectivity index (χ2v) is 5.62. The van der Waals surface area contributed by atoms with Crippen LogP contribution in [0.25, 0.3) is 0 Å². The number of nitrogens with two attached hydrogens (primary N) is 1. The molecule has 1 fully saturated rings. The maximum atomic E-state index is 5.84. The lowest BCUT2D eigenvalue weighted by molar-refractivity contribution is 0.121. The van der Waals surface area contributed by atoms with Crippen LogP contribution in [-0.4, -0.2) is 41.0 Å². The van der Waals surface area contributed by atoms with E-state index in [1.165, 1.54) is 5.56 Å². The topological polar surface area (TPSA) is 45.4 Å². The van der Waals surface area contributed by atoms with Gasteiger partial charge in [0.15, 0.2) is 0 Å². The predicted octanol–water partition coefficient (Wildman–Crippen LogP) is 3.25. The number of benzene rings is 1. The quantitative estimate of drug-likeness (QED) is 0.813. The molecule has 1 saturated heterocycles. The van der Waals surface area contributed by atoms with Gasteiger partial charge in [0.05, 0.1) is 5.69 Å². The van der Waals surface area contributed by atoms with Crippen LogP contribution in [0, 0.1) is 0 Å². The molecule has 1 aromatic heterocycles. The zero-order valence-electron chi connectivity index (χ0n) is 13.5. The van der Waals surface area contributed by atoms with E-state index in [-0.39, 0.29) is 37.2 Å². The third kappa shape index (κ3) is 6.83. The van der Waals surface area contributed by atoms with E-state index in [2.05, 4.69) is 39.0 Å². The summed E-state index contributed by atoms with van der Waals surface area (Å²) >= 11 is 0. The number of nitrogens with zero attached hydrogens (tertiary/aromatic N) is 3. The molecule has 4 nitrogen and oxygen atoms in total. The molecule has 7 heteroatoms. The van der Waals surface area contributed by atoms with Crippen LogP contribution in [0.1, 0.15) is 11.3 Å². The minimum absolute atomic E-state index is 0. The van der Waals surface area contributed by atoms with Gasteiger partial charge < -0.3 is 5.73 Å². The molecule has 1 aliphatic heterocycles. The molecule has 0 unspecified atom stereocenters. The van der Waals surface area contributed by atoms with Crippen molar-refractivity contribution in [3.63, 3.8) is 0 Å². The molecule has 0 saturated carbocycles. The number of anilines is 1. The molecular formula is C17H25Cl3N4. The molecule has 0 aliphatic carbocycles. The van der Waals surface area contributed by atoms with Gasteiger partial charge in [-0.15, -0.1) is 37.2 Å². The van der Waals surface area contributed by atoms with Gasteiger partial charge >= 0.3 is 0 Å². The molecule has 2 heterocycles. The number of halogens is 3. The summed E-state index contributed by atoms with van der Waals surface area (Å²) in [7, 11) is 0. The maximum Gasteiger partial charge on any atom is 0.0543 e. The summed E-state index contributed by atoms with van der Waals surface area (Å²) < 4.78 is 0. The van der Waals surface area contributed by atoms with Crippen LogP contribution < -0.4 is 5.73 Å². The summed E-state index contributed by atoms with van der Waals surface area (Å²) in [5.41, 5.74) is 9.14. The van der Waals surface area contributed by atoms with Crippen molar-refractivity contribution in [2.24, 2.45) is 0 Å². The molecular weight excluding hydrogens is 367 g/mol. The highest BCUT2D eigenvalue weighted by atomic mass is 35.5. The van der Waals surface area contributed by atoms with Crippen LogP contribution in [0.5, 0.6) is 0 Å². The largest absolute Gasteiger partial charge is 0.399 e. The van der Waals surface area contributed by atoms with E-state index in [0.29, 0.717) is 0 Å². The summed E-state index contributed by atoms with van der Waals surface area (Å²) in [5.74, 6) is 0. The van der Waals surface area contributed by atoms with E-state index >= 15 is 0 Å². The van der Waals surface area contributed by atoms with Crippen molar-refractivity contribution in [3.05, 3.63) is 59.9 Å². The van der Waals surface area contributed by atoms with Gasteiger partial charge in [0.1, 0.15) is 0 Å². The smallest absolute Gasteiger partial charge is 0.0543 e. The van der Waals surface area contributed by atoms with Gasteiger partial charge in [-0.3, -0.25) is 14.8 Å². The second-order valence-electron chi connectivity index (χ2n) is 5.62. The fourth-order valence-corrected chi connectivity index (χ4v) is 2.78. The number of pyridine rings is 1. The van der Waals surface area contributed by atoms with E-state index in [1.54, 1.807) is 0 Å². The SMILES string of the molecule is Cl.Cl.Cl.Nc1cccc(CN2CCN(Cc3ccccn3)CC2)c1. The van der Waals surface area contributed by atoms with Crippen LogP contribution in [0.15, 0.2) is 48.7 Å². The first-order chi connectivity index (χ1) is 10.3. The van der Waals surface area contributed by atoms with E-state index in [1.807, 2.05) is 24.4 Å². The summed E-state index contributed by atoms with van der Waals surface area (Å²) in [6.07, 6.45) is 1.87. The minimum atomic E-state index is 0. The summed E-state index contributed by atoms with van der Waals surface area (Å²) in [5, 5.41) is 0. The van der Waals surface area contributed by atoms with Crippen molar-refractivity contribution in [1.29, 1.82) is 0 Å². The number of piperazine rings is 1. The Kier molecular flexibility index (Phi) is 11.0. The lowest BCUT2D eigenvalue weighted by atomic mass is 10.1. The van der Waals surface area contributed by atoms with E-state index in [9.17, 15) is 0 Å². The van der Waals surface area contributed by atoms with E-state index < -0.39 is 0 Å². The molecule has 3 rings (SSSR count). The van der Waals surface area contributed by atoms with Gasteiger partial charge in [-0.05, 0) is 29.8 Å². The van der Waals surface area contributed by atoms with Crippen LogP contribution in [-0.2, 0) is 13.1 Å². The average molecular weight is 392 g/mol. The van der Waals surface area contributed by atoms with Crippen molar-refractivity contribution in [1.82, 2.24) is 14.8 Å².